The zero-order chi connectivity index (χ0) is 37.5. The van der Waals surface area contributed by atoms with Crippen LogP contribution in [0.3, 0.4) is 0 Å². The molecule has 0 spiro atoms. The van der Waals surface area contributed by atoms with E-state index in [0.717, 1.165) is 67.0 Å². The van der Waals surface area contributed by atoms with Crippen molar-refractivity contribution in [1.82, 2.24) is 14.5 Å². The molecular weight excluding hydrogens is 697 g/mol. The number of furan rings is 1. The minimum atomic E-state index is -0.0396. The summed E-state index contributed by atoms with van der Waals surface area (Å²) in [6, 6.07) is 66.7. The molecular formula is C52H34N4O. The van der Waals surface area contributed by atoms with E-state index in [-0.39, 0.29) is 6.04 Å². The Morgan fingerprint density at radius 3 is 1.86 bits per heavy atom. The highest BCUT2D eigenvalue weighted by Gasteiger charge is 2.23. The maximum absolute atomic E-state index is 6.64. The maximum atomic E-state index is 6.64. The van der Waals surface area contributed by atoms with Crippen LogP contribution in [0.2, 0.25) is 0 Å². The molecule has 5 nitrogen and oxygen atoms in total. The third-order valence-electron chi connectivity index (χ3n) is 11.5. The van der Waals surface area contributed by atoms with E-state index in [1.807, 2.05) is 6.07 Å². The Balaban J connectivity index is 1.10. The lowest BCUT2D eigenvalue weighted by Crippen LogP contribution is -2.31. The summed E-state index contributed by atoms with van der Waals surface area (Å²) in [5, 5.41) is 10.8. The minimum Gasteiger partial charge on any atom is -0.456 e. The van der Waals surface area contributed by atoms with Crippen LogP contribution in [0.15, 0.2) is 204 Å². The van der Waals surface area contributed by atoms with Gasteiger partial charge in [0.05, 0.1) is 44.9 Å². The van der Waals surface area contributed by atoms with Crippen molar-refractivity contribution >= 4 is 77.1 Å². The molecule has 0 fully saturated rings. The normalized spacial score (nSPS) is 14.5. The van der Waals surface area contributed by atoms with Gasteiger partial charge < -0.3 is 18.9 Å². The van der Waals surface area contributed by atoms with E-state index < -0.39 is 0 Å². The van der Waals surface area contributed by atoms with Crippen molar-refractivity contribution in [2.75, 3.05) is 0 Å². The van der Waals surface area contributed by atoms with Crippen LogP contribution in [0.5, 0.6) is 0 Å². The van der Waals surface area contributed by atoms with Crippen LogP contribution in [0.4, 0.5) is 0 Å². The molecule has 11 aromatic rings. The van der Waals surface area contributed by atoms with Crippen LogP contribution in [-0.4, -0.2) is 15.0 Å². The first-order valence-electron chi connectivity index (χ1n) is 19.4. The maximum Gasteiger partial charge on any atom is 0.137 e. The number of fused-ring (bicyclic) bond motifs is 9. The van der Waals surface area contributed by atoms with Crippen molar-refractivity contribution in [1.29, 1.82) is 0 Å². The molecule has 0 amide bonds. The van der Waals surface area contributed by atoms with Crippen molar-refractivity contribution < 1.29 is 4.42 Å². The predicted octanol–water partition coefficient (Wildman–Crippen LogP) is 12.9. The number of hydrogen-bond acceptors (Lipinski definition) is 3. The first-order valence-corrected chi connectivity index (χ1v) is 19.4. The minimum absolute atomic E-state index is 0.0396. The lowest BCUT2D eigenvalue weighted by atomic mass is 10.00. The van der Waals surface area contributed by atoms with Crippen LogP contribution in [0.1, 0.15) is 22.7 Å². The second-order valence-corrected chi connectivity index (χ2v) is 14.8. The van der Waals surface area contributed by atoms with Gasteiger partial charge in [-0.1, -0.05) is 121 Å². The molecule has 1 atom stereocenters. The number of nitrogens with zero attached hydrogens (tertiary/aromatic N) is 3. The number of rotatable bonds is 5. The molecule has 1 N–H and O–H groups in total. The summed E-state index contributed by atoms with van der Waals surface area (Å²) < 4.78 is 11.5. The fourth-order valence-electron chi connectivity index (χ4n) is 8.98. The van der Waals surface area contributed by atoms with Gasteiger partial charge in [-0.2, -0.15) is 0 Å². The summed E-state index contributed by atoms with van der Waals surface area (Å²) in [5.41, 5.74) is 12.8. The van der Waals surface area contributed by atoms with Gasteiger partial charge in [-0.05, 0) is 83.9 Å². The lowest BCUT2D eigenvalue weighted by Gasteiger charge is -2.24. The third kappa shape index (κ3) is 4.92. The van der Waals surface area contributed by atoms with Crippen molar-refractivity contribution in [3.8, 4) is 11.4 Å². The largest absolute Gasteiger partial charge is 0.456 e. The van der Waals surface area contributed by atoms with Crippen molar-refractivity contribution in [3.05, 3.63) is 211 Å². The fraction of sp³-hybridized carbons (Fsp3) is 0.0192. The molecule has 0 aliphatic carbocycles. The topological polar surface area (TPSA) is 47.4 Å². The number of nitrogens with one attached hydrogen (secondary N) is 1. The van der Waals surface area contributed by atoms with E-state index in [0.29, 0.717) is 0 Å². The van der Waals surface area contributed by atoms with Crippen LogP contribution >= 0.6 is 0 Å². The van der Waals surface area contributed by atoms with Gasteiger partial charge in [-0.15, -0.1) is 0 Å². The number of hydrogen-bond donors (Lipinski definition) is 1. The van der Waals surface area contributed by atoms with Gasteiger partial charge in [0.2, 0.25) is 0 Å². The van der Waals surface area contributed by atoms with E-state index in [4.69, 9.17) is 9.41 Å². The molecule has 0 saturated heterocycles. The Kier molecular flexibility index (Phi) is 6.92. The van der Waals surface area contributed by atoms with Gasteiger partial charge >= 0.3 is 0 Å². The summed E-state index contributed by atoms with van der Waals surface area (Å²) in [6.07, 6.45) is 2.22. The monoisotopic (exact) mass is 730 g/mol. The molecule has 268 valence electrons. The number of aliphatic imine (C=N–C) groups is 1. The van der Waals surface area contributed by atoms with E-state index in [1.54, 1.807) is 0 Å². The fourth-order valence-corrected chi connectivity index (χ4v) is 8.98. The highest BCUT2D eigenvalue weighted by atomic mass is 16.3. The van der Waals surface area contributed by atoms with Crippen LogP contribution < -0.4 is 5.32 Å². The van der Waals surface area contributed by atoms with E-state index >= 15 is 0 Å². The quantitative estimate of drug-likeness (QED) is 0.192. The molecule has 1 aliphatic heterocycles. The van der Waals surface area contributed by atoms with Gasteiger partial charge in [0.15, 0.2) is 0 Å². The molecule has 8 aromatic carbocycles. The smallest absolute Gasteiger partial charge is 0.137 e. The molecule has 1 aliphatic rings. The van der Waals surface area contributed by atoms with E-state index in [1.165, 1.54) is 38.1 Å². The number of amidine groups is 1. The van der Waals surface area contributed by atoms with Gasteiger partial charge in [-0.3, -0.25) is 0 Å². The lowest BCUT2D eigenvalue weighted by molar-refractivity contribution is 0.669. The number of para-hydroxylation sites is 3. The Bertz CT molecular complexity index is 3420. The first-order chi connectivity index (χ1) is 28.3. The molecule has 0 bridgehead atoms. The molecule has 0 saturated carbocycles. The number of aromatic nitrogens is 2. The Labute approximate surface area is 328 Å². The number of benzene rings is 8. The highest BCUT2D eigenvalue weighted by molar-refractivity contribution is 6.21. The van der Waals surface area contributed by atoms with Gasteiger partial charge in [0.1, 0.15) is 17.0 Å². The molecule has 0 radical (unpaired) electrons. The molecule has 57 heavy (non-hydrogen) atoms. The van der Waals surface area contributed by atoms with Crippen molar-refractivity contribution in [2.24, 2.45) is 4.99 Å². The summed E-state index contributed by atoms with van der Waals surface area (Å²) in [6.45, 7) is 0. The summed E-state index contributed by atoms with van der Waals surface area (Å²) in [7, 11) is 0. The van der Waals surface area contributed by atoms with E-state index in [2.05, 4.69) is 203 Å². The molecule has 12 rings (SSSR count). The molecule has 4 heterocycles. The summed E-state index contributed by atoms with van der Waals surface area (Å²) in [4.78, 5) is 5.23. The third-order valence-corrected chi connectivity index (χ3v) is 11.5. The second-order valence-electron chi connectivity index (χ2n) is 14.8. The van der Waals surface area contributed by atoms with Gasteiger partial charge in [0, 0.05) is 38.2 Å². The van der Waals surface area contributed by atoms with Crippen LogP contribution in [-0.2, 0) is 0 Å². The SMILES string of the molecule is C1=C(c2ccccc2)N=C(c2ccc3oc4cccc(-n5c6ccccc6c6cc7c8ccccc8n(-c8ccccc8)c7cc65)c4c3c2)NC1c1ccccc1. The first kappa shape index (κ1) is 31.7. The highest BCUT2D eigenvalue weighted by Crippen LogP contribution is 2.42. The van der Waals surface area contributed by atoms with Gasteiger partial charge in [-0.25, -0.2) is 4.99 Å². The van der Waals surface area contributed by atoms with E-state index in [9.17, 15) is 0 Å². The predicted molar refractivity (Wildman–Crippen MR) is 236 cm³/mol. The summed E-state index contributed by atoms with van der Waals surface area (Å²) >= 11 is 0. The van der Waals surface area contributed by atoms with Crippen LogP contribution in [0.25, 0.3) is 82.6 Å². The zero-order valence-corrected chi connectivity index (χ0v) is 30.8. The average molecular weight is 731 g/mol. The van der Waals surface area contributed by atoms with Crippen LogP contribution in [0, 0.1) is 0 Å². The Morgan fingerprint density at radius 1 is 0.456 bits per heavy atom. The summed E-state index contributed by atoms with van der Waals surface area (Å²) in [5.74, 6) is 0.826. The molecule has 1 unspecified atom stereocenters. The zero-order valence-electron chi connectivity index (χ0n) is 30.8. The standard InChI is InChI=1S/C52H34N4O/c1-4-15-33(16-5-1)42-31-43(34-17-6-2-7-18-34)54-52(53-42)35-27-28-49-41(29-35)51-46(25-14-26-50(51)57-49)56-45-24-13-11-22-38(45)40-30-39-37-21-10-12-23-44(37)55(47(39)32-48(40)56)36-19-8-3-9-20-36/h1-32,42H,(H,53,54). The Morgan fingerprint density at radius 2 is 1.11 bits per heavy atom. The second kappa shape index (κ2) is 12.4. The molecule has 5 heteroatoms. The molecule has 3 aromatic heterocycles. The van der Waals surface area contributed by atoms with Crippen molar-refractivity contribution in [2.45, 2.75) is 6.04 Å². The average Bonchev–Trinajstić information content (AvgIpc) is 3.93. The Hall–Kier alpha value is -7.63. The van der Waals surface area contributed by atoms with Crippen molar-refractivity contribution in [3.63, 3.8) is 0 Å². The van der Waals surface area contributed by atoms with Gasteiger partial charge in [0.25, 0.3) is 0 Å².